The first kappa shape index (κ1) is 22.1. The molecule has 2 aliphatic heterocycles. The molecule has 2 aliphatic rings. The van der Waals surface area contributed by atoms with Gasteiger partial charge in [0, 0.05) is 44.1 Å². The zero-order valence-electron chi connectivity index (χ0n) is 18.8. The van der Waals surface area contributed by atoms with Gasteiger partial charge in [-0.3, -0.25) is 9.88 Å². The predicted molar refractivity (Wildman–Crippen MR) is 125 cm³/mol. The van der Waals surface area contributed by atoms with Crippen LogP contribution in [-0.4, -0.2) is 67.9 Å². The maximum atomic E-state index is 13.6. The highest BCUT2D eigenvalue weighted by atomic mass is 19.1. The van der Waals surface area contributed by atoms with Crippen LogP contribution < -0.4 is 10.2 Å². The largest absolute Gasteiger partial charge is 0.388 e. The summed E-state index contributed by atoms with van der Waals surface area (Å²) >= 11 is 0. The van der Waals surface area contributed by atoms with E-state index in [1.165, 1.54) is 0 Å². The molecule has 5 heterocycles. The number of nitrogens with zero attached hydrogens (tertiary/aromatic N) is 7. The number of anilines is 3. The third-order valence-electron chi connectivity index (χ3n) is 5.96. The molecule has 10 heteroatoms. The zero-order valence-corrected chi connectivity index (χ0v) is 18.8. The molecule has 174 valence electrons. The number of hydrogen-bond donors (Lipinski definition) is 2. The number of nitriles is 1. The number of likely N-dealkylation sites (tertiary alicyclic amines) is 1. The molecule has 0 bridgehead atoms. The van der Waals surface area contributed by atoms with Crippen molar-refractivity contribution < 1.29 is 9.50 Å². The van der Waals surface area contributed by atoms with Gasteiger partial charge in [-0.2, -0.15) is 5.26 Å². The van der Waals surface area contributed by atoms with Crippen LogP contribution in [0.4, 0.5) is 21.8 Å². The highest BCUT2D eigenvalue weighted by Gasteiger charge is 2.36. The van der Waals surface area contributed by atoms with E-state index in [0.717, 1.165) is 11.4 Å². The average molecular weight is 461 g/mol. The van der Waals surface area contributed by atoms with Gasteiger partial charge in [0.25, 0.3) is 0 Å². The lowest BCUT2D eigenvalue weighted by Gasteiger charge is -2.44. The van der Waals surface area contributed by atoms with Crippen LogP contribution in [0, 0.1) is 11.3 Å². The van der Waals surface area contributed by atoms with Crippen molar-refractivity contribution in [1.29, 1.82) is 5.26 Å². The summed E-state index contributed by atoms with van der Waals surface area (Å²) < 4.78 is 13.6. The van der Waals surface area contributed by atoms with E-state index in [4.69, 9.17) is 0 Å². The Labute approximate surface area is 196 Å². The van der Waals surface area contributed by atoms with Crippen molar-refractivity contribution >= 4 is 17.5 Å². The molecule has 0 aliphatic carbocycles. The van der Waals surface area contributed by atoms with Gasteiger partial charge in [-0.1, -0.05) is 0 Å². The van der Waals surface area contributed by atoms with Crippen molar-refractivity contribution in [3.8, 4) is 17.3 Å². The molecule has 2 N–H and O–H groups in total. The van der Waals surface area contributed by atoms with Gasteiger partial charge >= 0.3 is 0 Å². The topological polar surface area (TPSA) is 114 Å². The zero-order chi connectivity index (χ0) is 23.7. The normalized spacial score (nSPS) is 19.5. The van der Waals surface area contributed by atoms with Crippen molar-refractivity contribution in [3.05, 3.63) is 54.1 Å². The Kier molecular flexibility index (Phi) is 5.81. The summed E-state index contributed by atoms with van der Waals surface area (Å²) in [5.74, 6) is 0.903. The number of alkyl halides is 1. The van der Waals surface area contributed by atoms with Crippen LogP contribution in [0.2, 0.25) is 0 Å². The molecule has 0 aromatic carbocycles. The molecular weight excluding hydrogens is 435 g/mol. The maximum absolute atomic E-state index is 13.6. The summed E-state index contributed by atoms with van der Waals surface area (Å²) in [4.78, 5) is 21.7. The number of aliphatic hydroxyl groups is 1. The molecule has 9 nitrogen and oxygen atoms in total. The number of halogens is 1. The molecule has 3 aromatic heterocycles. The number of rotatable bonds is 6. The second-order valence-corrected chi connectivity index (χ2v) is 9.11. The summed E-state index contributed by atoms with van der Waals surface area (Å²) in [7, 11) is 0. The average Bonchev–Trinajstić information content (AvgIpc) is 3.25. The molecule has 34 heavy (non-hydrogen) atoms. The lowest BCUT2D eigenvalue weighted by molar-refractivity contribution is -0.0875. The van der Waals surface area contributed by atoms with Crippen LogP contribution in [0.1, 0.15) is 24.6 Å². The SMILES string of the molecule is CC1(O)CN(Cc2ccc(Nc3nccc(-c4cnc(N5CCC(F)C5)c(C#N)c4)n3)cn2)C1. The molecule has 5 rings (SSSR count). The minimum Gasteiger partial charge on any atom is -0.388 e. The molecule has 0 amide bonds. The van der Waals surface area contributed by atoms with Gasteiger partial charge < -0.3 is 15.3 Å². The highest BCUT2D eigenvalue weighted by molar-refractivity contribution is 5.67. The molecule has 2 fully saturated rings. The standard InChI is InChI=1S/C24H25FN8O/c1-24(34)14-32(15-24)13-20-3-2-19(11-28-20)30-23-27-6-4-21(31-23)17-8-16(9-26)22(29-10-17)33-7-5-18(25)12-33/h2-4,6,8,10-11,18,34H,5,7,12-15H2,1H3,(H,27,30,31). The second-order valence-electron chi connectivity index (χ2n) is 9.11. The highest BCUT2D eigenvalue weighted by Crippen LogP contribution is 2.27. The fourth-order valence-electron chi connectivity index (χ4n) is 4.40. The van der Waals surface area contributed by atoms with Crippen molar-refractivity contribution in [1.82, 2.24) is 24.8 Å². The van der Waals surface area contributed by atoms with Gasteiger partial charge in [-0.15, -0.1) is 0 Å². The van der Waals surface area contributed by atoms with Gasteiger partial charge in [0.05, 0.1) is 41.0 Å². The molecule has 0 saturated carbocycles. The summed E-state index contributed by atoms with van der Waals surface area (Å²) in [5.41, 5.74) is 2.76. The lowest BCUT2D eigenvalue weighted by atomic mass is 9.97. The minimum absolute atomic E-state index is 0.258. The Bertz CT molecular complexity index is 1220. The van der Waals surface area contributed by atoms with Crippen LogP contribution in [0.5, 0.6) is 0 Å². The van der Waals surface area contributed by atoms with E-state index in [2.05, 4.69) is 36.2 Å². The lowest BCUT2D eigenvalue weighted by Crippen LogP contribution is -2.59. The first-order valence-electron chi connectivity index (χ1n) is 11.2. The second kappa shape index (κ2) is 8.93. The van der Waals surface area contributed by atoms with Crippen LogP contribution in [0.3, 0.4) is 0 Å². The van der Waals surface area contributed by atoms with Gasteiger partial charge in [0.1, 0.15) is 18.1 Å². The van der Waals surface area contributed by atoms with Crippen LogP contribution in [0.25, 0.3) is 11.3 Å². The van der Waals surface area contributed by atoms with Gasteiger partial charge in [0.15, 0.2) is 0 Å². The number of β-amino-alcohol motifs (C(OH)–C–C–N with tert-alkyl or cyclic N) is 1. The van der Waals surface area contributed by atoms with E-state index in [1.807, 2.05) is 19.1 Å². The van der Waals surface area contributed by atoms with Crippen molar-refractivity contribution in [2.24, 2.45) is 0 Å². The summed E-state index contributed by atoms with van der Waals surface area (Å²) in [6.07, 6.45) is 4.57. The Morgan fingerprint density at radius 3 is 2.76 bits per heavy atom. The minimum atomic E-state index is -0.890. The smallest absolute Gasteiger partial charge is 0.227 e. The maximum Gasteiger partial charge on any atom is 0.227 e. The van der Waals surface area contributed by atoms with Gasteiger partial charge in [0.2, 0.25) is 5.95 Å². The van der Waals surface area contributed by atoms with Crippen LogP contribution in [0.15, 0.2) is 42.9 Å². The Morgan fingerprint density at radius 1 is 1.24 bits per heavy atom. The van der Waals surface area contributed by atoms with E-state index in [9.17, 15) is 14.8 Å². The van der Waals surface area contributed by atoms with E-state index < -0.39 is 11.8 Å². The van der Waals surface area contributed by atoms with Gasteiger partial charge in [-0.05, 0) is 37.6 Å². The molecular formula is C24H25FN8O. The molecule has 0 spiro atoms. The number of pyridine rings is 2. The van der Waals surface area contributed by atoms with Crippen molar-refractivity contribution in [2.75, 3.05) is 36.4 Å². The fraction of sp³-hybridized carbons (Fsp3) is 0.375. The van der Waals surface area contributed by atoms with E-state index in [1.54, 1.807) is 35.6 Å². The third-order valence-corrected chi connectivity index (χ3v) is 5.96. The van der Waals surface area contributed by atoms with Crippen molar-refractivity contribution in [3.63, 3.8) is 0 Å². The summed E-state index contributed by atoms with van der Waals surface area (Å²) in [6, 6.07) is 9.49. The van der Waals surface area contributed by atoms with Gasteiger partial charge in [-0.25, -0.2) is 19.3 Å². The predicted octanol–water partition coefficient (Wildman–Crippen LogP) is 2.66. The number of hydrogen-bond acceptors (Lipinski definition) is 9. The number of aromatic nitrogens is 4. The Hall–Kier alpha value is -3.68. The Balaban J connectivity index is 1.28. The van der Waals surface area contributed by atoms with Crippen molar-refractivity contribution in [2.45, 2.75) is 31.7 Å². The quantitative estimate of drug-likeness (QED) is 0.573. The first-order valence-corrected chi connectivity index (χ1v) is 11.2. The summed E-state index contributed by atoms with van der Waals surface area (Å²) in [6.45, 7) is 4.62. The van der Waals surface area contributed by atoms with E-state index in [0.29, 0.717) is 61.2 Å². The molecule has 2 saturated heterocycles. The molecule has 3 aromatic rings. The summed E-state index contributed by atoms with van der Waals surface area (Å²) in [5, 5.41) is 22.6. The Morgan fingerprint density at radius 2 is 2.09 bits per heavy atom. The fourth-order valence-corrected chi connectivity index (χ4v) is 4.40. The monoisotopic (exact) mass is 460 g/mol. The molecule has 1 unspecified atom stereocenters. The number of nitrogens with one attached hydrogen (secondary N) is 1. The van der Waals surface area contributed by atoms with Crippen LogP contribution >= 0.6 is 0 Å². The first-order chi connectivity index (χ1) is 16.4. The molecule has 1 atom stereocenters. The van der Waals surface area contributed by atoms with Crippen LogP contribution in [-0.2, 0) is 6.54 Å². The van der Waals surface area contributed by atoms with E-state index >= 15 is 0 Å². The third kappa shape index (κ3) is 4.81. The van der Waals surface area contributed by atoms with E-state index in [-0.39, 0.29) is 6.54 Å². The molecule has 0 radical (unpaired) electrons.